The zero-order valence-corrected chi connectivity index (χ0v) is 15.2. The zero-order chi connectivity index (χ0) is 18.1. The number of aromatic nitrogens is 2. The standard InChI is InChI=1S/C24H21N3/c1-3-10-18(11-4-1)20-14-9-15-21(25-20)24-26-23(19-12-5-2-6-13-19)22-16-7-8-17-27(22)24/h1-3,5-8,10,12-13,15-17H,4,9,11,14H2. The van der Waals surface area contributed by atoms with Gasteiger partial charge in [0.05, 0.1) is 11.2 Å². The van der Waals surface area contributed by atoms with Crippen molar-refractivity contribution in [1.82, 2.24) is 9.38 Å². The van der Waals surface area contributed by atoms with E-state index in [0.717, 1.165) is 54.0 Å². The van der Waals surface area contributed by atoms with E-state index < -0.39 is 0 Å². The summed E-state index contributed by atoms with van der Waals surface area (Å²) in [5.74, 6) is 0.925. The Morgan fingerprint density at radius 2 is 1.78 bits per heavy atom. The van der Waals surface area contributed by atoms with Gasteiger partial charge in [-0.15, -0.1) is 0 Å². The van der Waals surface area contributed by atoms with E-state index >= 15 is 0 Å². The molecule has 27 heavy (non-hydrogen) atoms. The predicted molar refractivity (Wildman–Crippen MR) is 112 cm³/mol. The lowest BCUT2D eigenvalue weighted by Gasteiger charge is -2.16. The number of nitrogens with zero attached hydrogens (tertiary/aromatic N) is 3. The van der Waals surface area contributed by atoms with Crippen LogP contribution in [-0.4, -0.2) is 15.1 Å². The molecule has 0 amide bonds. The topological polar surface area (TPSA) is 29.7 Å². The molecule has 0 radical (unpaired) electrons. The second-order valence-electron chi connectivity index (χ2n) is 6.95. The van der Waals surface area contributed by atoms with Gasteiger partial charge in [-0.25, -0.2) is 9.98 Å². The Bertz CT molecular complexity index is 1110. The molecule has 3 aromatic rings. The van der Waals surface area contributed by atoms with E-state index in [1.807, 2.05) is 6.07 Å². The van der Waals surface area contributed by atoms with Crippen molar-refractivity contribution >= 4 is 16.9 Å². The second-order valence-corrected chi connectivity index (χ2v) is 6.95. The SMILES string of the molecule is C1=CCCC(C2=NC(c3nc(-c4ccccc4)c4ccccn34)=CCC2)=C1. The highest BCUT2D eigenvalue weighted by molar-refractivity contribution is 6.04. The fourth-order valence-corrected chi connectivity index (χ4v) is 3.84. The first-order valence-corrected chi connectivity index (χ1v) is 9.57. The van der Waals surface area contributed by atoms with E-state index in [9.17, 15) is 0 Å². The summed E-state index contributed by atoms with van der Waals surface area (Å²) in [7, 11) is 0. The van der Waals surface area contributed by atoms with Crippen LogP contribution in [0, 0.1) is 0 Å². The van der Waals surface area contributed by atoms with Crippen LogP contribution >= 0.6 is 0 Å². The number of rotatable bonds is 3. The molecule has 132 valence electrons. The monoisotopic (exact) mass is 351 g/mol. The van der Waals surface area contributed by atoms with Crippen molar-refractivity contribution < 1.29 is 0 Å². The van der Waals surface area contributed by atoms with Gasteiger partial charge < -0.3 is 0 Å². The third-order valence-corrected chi connectivity index (χ3v) is 5.18. The van der Waals surface area contributed by atoms with Crippen molar-refractivity contribution in [1.29, 1.82) is 0 Å². The molecule has 1 aliphatic heterocycles. The number of aliphatic imine (C=N–C) groups is 1. The van der Waals surface area contributed by atoms with Crippen LogP contribution in [0.3, 0.4) is 0 Å². The van der Waals surface area contributed by atoms with Crippen molar-refractivity contribution in [2.24, 2.45) is 4.99 Å². The summed E-state index contributed by atoms with van der Waals surface area (Å²) in [6.07, 6.45) is 15.1. The lowest BCUT2D eigenvalue weighted by molar-refractivity contribution is 0.967. The molecule has 0 atom stereocenters. The number of benzene rings is 1. The molecule has 0 N–H and O–H groups in total. The molecule has 2 aromatic heterocycles. The van der Waals surface area contributed by atoms with Crippen LogP contribution in [0.4, 0.5) is 0 Å². The Morgan fingerprint density at radius 3 is 2.63 bits per heavy atom. The highest BCUT2D eigenvalue weighted by Gasteiger charge is 2.19. The summed E-state index contributed by atoms with van der Waals surface area (Å²) in [5.41, 5.74) is 6.82. The first kappa shape index (κ1) is 16.0. The molecular weight excluding hydrogens is 330 g/mol. The third-order valence-electron chi connectivity index (χ3n) is 5.18. The molecule has 0 unspecified atom stereocenters. The summed E-state index contributed by atoms with van der Waals surface area (Å²) in [5, 5.41) is 0. The number of hydrogen-bond donors (Lipinski definition) is 0. The lowest BCUT2D eigenvalue weighted by Crippen LogP contribution is -2.09. The van der Waals surface area contributed by atoms with Gasteiger partial charge in [0.25, 0.3) is 0 Å². The molecule has 0 bridgehead atoms. The molecule has 3 heterocycles. The van der Waals surface area contributed by atoms with E-state index in [0.29, 0.717) is 0 Å². The maximum absolute atomic E-state index is 5.03. The molecule has 3 nitrogen and oxygen atoms in total. The Morgan fingerprint density at radius 1 is 0.889 bits per heavy atom. The van der Waals surface area contributed by atoms with Crippen LogP contribution in [0.1, 0.15) is 31.5 Å². The van der Waals surface area contributed by atoms with Crippen molar-refractivity contribution in [3.63, 3.8) is 0 Å². The molecule has 0 fully saturated rings. The van der Waals surface area contributed by atoms with Gasteiger partial charge in [0, 0.05) is 17.5 Å². The Labute approximate surface area is 159 Å². The highest BCUT2D eigenvalue weighted by Crippen LogP contribution is 2.31. The quantitative estimate of drug-likeness (QED) is 0.582. The van der Waals surface area contributed by atoms with E-state index in [2.05, 4.69) is 77.4 Å². The maximum atomic E-state index is 5.03. The summed E-state index contributed by atoms with van der Waals surface area (Å²) in [6.45, 7) is 0. The van der Waals surface area contributed by atoms with Crippen molar-refractivity contribution in [2.45, 2.75) is 25.7 Å². The molecule has 5 rings (SSSR count). The van der Waals surface area contributed by atoms with Gasteiger partial charge in [0.2, 0.25) is 0 Å². The minimum Gasteiger partial charge on any atom is -0.298 e. The second kappa shape index (κ2) is 6.84. The molecule has 0 saturated heterocycles. The number of imidazole rings is 1. The van der Waals surface area contributed by atoms with Gasteiger partial charge in [-0.2, -0.15) is 0 Å². The molecule has 0 saturated carbocycles. The molecule has 3 heteroatoms. The van der Waals surface area contributed by atoms with Crippen LogP contribution in [0.25, 0.3) is 22.5 Å². The normalized spacial score (nSPS) is 16.8. The molecule has 1 aliphatic carbocycles. The number of allylic oxidation sites excluding steroid dienone is 5. The summed E-state index contributed by atoms with van der Waals surface area (Å²) in [4.78, 5) is 10.0. The van der Waals surface area contributed by atoms with Crippen molar-refractivity contribution in [2.75, 3.05) is 0 Å². The van der Waals surface area contributed by atoms with Crippen molar-refractivity contribution in [3.8, 4) is 11.3 Å². The lowest BCUT2D eigenvalue weighted by atomic mass is 9.96. The Balaban J connectivity index is 1.63. The smallest absolute Gasteiger partial charge is 0.163 e. The van der Waals surface area contributed by atoms with E-state index in [1.165, 1.54) is 11.3 Å². The van der Waals surface area contributed by atoms with Gasteiger partial charge in [0.1, 0.15) is 5.70 Å². The number of pyridine rings is 1. The average Bonchev–Trinajstić information content (AvgIpc) is 3.15. The van der Waals surface area contributed by atoms with Gasteiger partial charge in [-0.1, -0.05) is 60.7 Å². The minimum atomic E-state index is 0.925. The van der Waals surface area contributed by atoms with E-state index in [4.69, 9.17) is 9.98 Å². The summed E-state index contributed by atoms with van der Waals surface area (Å²) >= 11 is 0. The number of fused-ring (bicyclic) bond motifs is 1. The zero-order valence-electron chi connectivity index (χ0n) is 15.2. The van der Waals surface area contributed by atoms with Crippen LogP contribution < -0.4 is 0 Å². The number of hydrogen-bond acceptors (Lipinski definition) is 2. The van der Waals surface area contributed by atoms with Gasteiger partial charge in [0.15, 0.2) is 5.82 Å². The van der Waals surface area contributed by atoms with Crippen LogP contribution in [0.2, 0.25) is 0 Å². The molecule has 0 spiro atoms. The molecule has 1 aromatic carbocycles. The van der Waals surface area contributed by atoms with Gasteiger partial charge in [-0.3, -0.25) is 4.40 Å². The fourth-order valence-electron chi connectivity index (χ4n) is 3.84. The predicted octanol–water partition coefficient (Wildman–Crippen LogP) is 5.85. The van der Waals surface area contributed by atoms with Gasteiger partial charge >= 0.3 is 0 Å². The van der Waals surface area contributed by atoms with Crippen LogP contribution in [-0.2, 0) is 0 Å². The molecular formula is C24H21N3. The Kier molecular flexibility index (Phi) is 4.06. The largest absolute Gasteiger partial charge is 0.298 e. The van der Waals surface area contributed by atoms with Crippen LogP contribution in [0.5, 0.6) is 0 Å². The fraction of sp³-hybridized carbons (Fsp3) is 0.167. The first-order chi connectivity index (χ1) is 13.4. The first-order valence-electron chi connectivity index (χ1n) is 9.57. The minimum absolute atomic E-state index is 0.925. The third kappa shape index (κ3) is 2.95. The maximum Gasteiger partial charge on any atom is 0.163 e. The Hall–Kier alpha value is -3.20. The van der Waals surface area contributed by atoms with Crippen molar-refractivity contribution in [3.05, 3.63) is 90.4 Å². The summed E-state index contributed by atoms with van der Waals surface area (Å²) < 4.78 is 2.16. The van der Waals surface area contributed by atoms with E-state index in [-0.39, 0.29) is 0 Å². The van der Waals surface area contributed by atoms with E-state index in [1.54, 1.807) is 0 Å². The average molecular weight is 351 g/mol. The van der Waals surface area contributed by atoms with Crippen LogP contribution in [0.15, 0.2) is 89.6 Å². The highest BCUT2D eigenvalue weighted by atomic mass is 15.1. The van der Waals surface area contributed by atoms with Gasteiger partial charge in [-0.05, 0) is 43.4 Å². The summed E-state index contributed by atoms with van der Waals surface area (Å²) in [6, 6.07) is 16.6. The molecule has 2 aliphatic rings.